The molecule has 0 aromatic heterocycles. The number of halogens is 2. The highest BCUT2D eigenvalue weighted by Gasteiger charge is 2.70. The molecule has 0 bridgehead atoms. The minimum atomic E-state index is -3.50. The molecule has 5 aliphatic rings. The second-order valence-corrected chi connectivity index (χ2v) is 15.6. The summed E-state index contributed by atoms with van der Waals surface area (Å²) in [6.45, 7) is 13.6. The van der Waals surface area contributed by atoms with Crippen LogP contribution in [0.4, 0.5) is 8.78 Å². The number of carbonyl (C=O) groups is 3. The summed E-state index contributed by atoms with van der Waals surface area (Å²) in [5, 5.41) is 12.6. The molecule has 41 heavy (non-hydrogen) atoms. The fraction of sp³-hybridized carbons (Fsp3) is 0.765. The van der Waals surface area contributed by atoms with Crippen molar-refractivity contribution in [2.24, 2.45) is 38.9 Å². The first-order valence-corrected chi connectivity index (χ1v) is 15.5. The second-order valence-electron chi connectivity index (χ2n) is 15.6. The van der Waals surface area contributed by atoms with Crippen molar-refractivity contribution in [2.45, 2.75) is 124 Å². The van der Waals surface area contributed by atoms with Gasteiger partial charge in [-0.15, -0.1) is 0 Å². The Morgan fingerprint density at radius 1 is 1.10 bits per heavy atom. The van der Waals surface area contributed by atoms with Crippen molar-refractivity contribution in [1.82, 2.24) is 5.32 Å². The molecule has 1 N–H and O–H groups in total. The molecule has 1 amide bonds. The van der Waals surface area contributed by atoms with Crippen LogP contribution in [0.1, 0.15) is 113 Å². The van der Waals surface area contributed by atoms with Crippen LogP contribution < -0.4 is 5.32 Å². The van der Waals surface area contributed by atoms with Gasteiger partial charge in [0, 0.05) is 29.2 Å². The molecule has 0 radical (unpaired) electrons. The summed E-state index contributed by atoms with van der Waals surface area (Å²) in [6, 6.07) is 2.16. The maximum absolute atomic E-state index is 14.2. The molecule has 5 aliphatic carbocycles. The monoisotopic (exact) mass is 568 g/mol. The lowest BCUT2D eigenvalue weighted by atomic mass is 9.38. The van der Waals surface area contributed by atoms with Crippen molar-refractivity contribution in [2.75, 3.05) is 0 Å². The summed E-state index contributed by atoms with van der Waals surface area (Å²) in [7, 11) is 0. The Bertz CT molecular complexity index is 1300. The third kappa shape index (κ3) is 4.28. The van der Waals surface area contributed by atoms with E-state index in [4.69, 9.17) is 0 Å². The zero-order valence-electron chi connectivity index (χ0n) is 25.8. The van der Waals surface area contributed by atoms with Crippen LogP contribution in [-0.4, -0.2) is 28.9 Å². The van der Waals surface area contributed by atoms with Gasteiger partial charge < -0.3 is 5.32 Å². The number of amides is 1. The highest BCUT2D eigenvalue weighted by atomic mass is 19.3. The normalized spacial score (nSPS) is 39.5. The largest absolute Gasteiger partial charge is 0.345 e. The molecule has 0 aromatic carbocycles. The average molecular weight is 569 g/mol. The molecule has 3 fully saturated rings. The molecule has 224 valence electrons. The van der Waals surface area contributed by atoms with E-state index in [9.17, 15) is 28.4 Å². The highest BCUT2D eigenvalue weighted by Crippen LogP contribution is 2.74. The van der Waals surface area contributed by atoms with Crippen LogP contribution in [0.15, 0.2) is 23.3 Å². The summed E-state index contributed by atoms with van der Waals surface area (Å²) in [5.41, 5.74) is -1.50. The predicted octanol–water partition coefficient (Wildman–Crippen LogP) is 7.26. The van der Waals surface area contributed by atoms with Crippen LogP contribution in [0.2, 0.25) is 0 Å². The van der Waals surface area contributed by atoms with Gasteiger partial charge in [-0.25, -0.2) is 0 Å². The number of carbonyl (C=O) groups excluding carboxylic acids is 3. The minimum absolute atomic E-state index is 0.0161. The molecule has 5 rings (SSSR count). The number of alkyl halides is 2. The van der Waals surface area contributed by atoms with Gasteiger partial charge in [-0.3, -0.25) is 14.4 Å². The number of allylic oxidation sites excluding steroid dienone is 4. The van der Waals surface area contributed by atoms with Crippen LogP contribution in [-0.2, 0) is 14.4 Å². The molecule has 0 aromatic rings. The molecule has 3 saturated carbocycles. The summed E-state index contributed by atoms with van der Waals surface area (Å²) in [5.74, 6) is -5.17. The third-order valence-electron chi connectivity index (χ3n) is 12.9. The highest BCUT2D eigenvalue weighted by molar-refractivity contribution is 6.06. The topological polar surface area (TPSA) is 87.0 Å². The molecule has 7 heteroatoms. The number of fused-ring (bicyclic) bond motifs is 6. The van der Waals surface area contributed by atoms with E-state index in [2.05, 4.69) is 52.9 Å². The summed E-state index contributed by atoms with van der Waals surface area (Å²) >= 11 is 0. The van der Waals surface area contributed by atoms with Gasteiger partial charge in [0.2, 0.25) is 0 Å². The van der Waals surface area contributed by atoms with Gasteiger partial charge in [-0.05, 0) is 86.0 Å². The Kier molecular flexibility index (Phi) is 6.66. The van der Waals surface area contributed by atoms with Crippen molar-refractivity contribution >= 4 is 17.5 Å². The van der Waals surface area contributed by atoms with Gasteiger partial charge in [-0.2, -0.15) is 14.0 Å². The Morgan fingerprint density at radius 3 is 2.32 bits per heavy atom. The summed E-state index contributed by atoms with van der Waals surface area (Å²) in [4.78, 5) is 40.1. The van der Waals surface area contributed by atoms with Crippen molar-refractivity contribution in [1.29, 1.82) is 5.26 Å². The summed E-state index contributed by atoms with van der Waals surface area (Å²) in [6.07, 6.45) is 10.6. The van der Waals surface area contributed by atoms with Crippen molar-refractivity contribution in [3.8, 4) is 6.07 Å². The van der Waals surface area contributed by atoms with Gasteiger partial charge in [0.15, 0.2) is 11.6 Å². The zero-order chi connectivity index (χ0) is 30.4. The predicted molar refractivity (Wildman–Crippen MR) is 153 cm³/mol. The fourth-order valence-corrected chi connectivity index (χ4v) is 9.39. The molecule has 0 aliphatic heterocycles. The molecule has 0 unspecified atom stereocenters. The van der Waals surface area contributed by atoms with E-state index in [1.165, 1.54) is 0 Å². The fourth-order valence-electron chi connectivity index (χ4n) is 9.39. The number of hydrogen-bond donors (Lipinski definition) is 1. The quantitative estimate of drug-likeness (QED) is 0.365. The van der Waals surface area contributed by atoms with Gasteiger partial charge in [0.1, 0.15) is 6.07 Å². The second kappa shape index (κ2) is 9.07. The van der Waals surface area contributed by atoms with E-state index < -0.39 is 39.5 Å². The lowest BCUT2D eigenvalue weighted by molar-refractivity contribution is -0.152. The van der Waals surface area contributed by atoms with Crippen LogP contribution in [0, 0.1) is 50.2 Å². The Hall–Kier alpha value is -2.36. The van der Waals surface area contributed by atoms with Gasteiger partial charge in [0.05, 0.1) is 5.57 Å². The zero-order valence-corrected chi connectivity index (χ0v) is 25.8. The first kappa shape index (κ1) is 30.1. The van der Waals surface area contributed by atoms with Crippen molar-refractivity contribution < 1.29 is 23.2 Å². The number of nitriles is 1. The number of ketones is 2. The maximum Gasteiger partial charge on any atom is 0.321 e. The average Bonchev–Trinajstić information content (AvgIpc) is 3.69. The van der Waals surface area contributed by atoms with E-state index >= 15 is 0 Å². The Balaban J connectivity index is 1.56. The minimum Gasteiger partial charge on any atom is -0.345 e. The van der Waals surface area contributed by atoms with Crippen molar-refractivity contribution in [3.63, 3.8) is 0 Å². The molecule has 1 spiro atoms. The number of rotatable bonds is 6. The SMILES string of the molecule is CCC(C)(C)CC[C@]1(NC(=O)C(C)(F)F)CC[C@]2(C)[C@@H](C1)C(=O)C=C1[C@@]3(C)C=C(C#N)C(=O)C4(CC4)[C@@H]3CC[C@]12C. The van der Waals surface area contributed by atoms with Crippen LogP contribution in [0.5, 0.6) is 0 Å². The summed E-state index contributed by atoms with van der Waals surface area (Å²) < 4.78 is 28.3. The van der Waals surface area contributed by atoms with Crippen LogP contribution >= 0.6 is 0 Å². The van der Waals surface area contributed by atoms with E-state index in [0.29, 0.717) is 32.6 Å². The maximum atomic E-state index is 14.2. The molecule has 0 saturated heterocycles. The van der Waals surface area contributed by atoms with E-state index in [0.717, 1.165) is 44.1 Å². The van der Waals surface area contributed by atoms with Crippen molar-refractivity contribution in [3.05, 3.63) is 23.3 Å². The van der Waals surface area contributed by atoms with E-state index in [1.807, 2.05) is 6.08 Å². The smallest absolute Gasteiger partial charge is 0.321 e. The molecule has 0 heterocycles. The Labute approximate surface area is 243 Å². The molecular weight excluding hydrogens is 522 g/mol. The molecule has 5 nitrogen and oxygen atoms in total. The first-order chi connectivity index (χ1) is 18.8. The number of nitrogens with zero attached hydrogens (tertiary/aromatic N) is 1. The van der Waals surface area contributed by atoms with Gasteiger partial charge >= 0.3 is 5.92 Å². The van der Waals surface area contributed by atoms with Gasteiger partial charge in [0.25, 0.3) is 5.91 Å². The lowest BCUT2D eigenvalue weighted by Gasteiger charge is -2.66. The van der Waals surface area contributed by atoms with E-state index in [1.54, 1.807) is 6.08 Å². The number of hydrogen-bond acceptors (Lipinski definition) is 4. The molecular formula is C34H46F2N2O3. The standard InChI is InChI=1S/C34H46F2N2O3/c1-8-28(2,3)11-13-33(38-27(41)32(7,35)36)14-12-30(5)22(19-33)23(39)17-25-29(4)18-21(20-37)26(40)34(15-16-34)24(29)9-10-31(25,30)6/h17-18,22,24H,8-16,19H2,1-7H3,(H,38,41)/t22-,24+,29-,30+,31+,33-/m0/s1. The first-order valence-electron chi connectivity index (χ1n) is 15.5. The lowest BCUT2D eigenvalue weighted by Crippen LogP contribution is -2.65. The number of Topliss-reactive ketones (excluding diaryl/α,β-unsaturated/α-hetero) is 1. The third-order valence-corrected chi connectivity index (χ3v) is 12.9. The molecule has 6 atom stereocenters. The number of nitrogens with one attached hydrogen (secondary N) is 1. The van der Waals surface area contributed by atoms with Crippen LogP contribution in [0.25, 0.3) is 0 Å². The van der Waals surface area contributed by atoms with Crippen LogP contribution in [0.3, 0.4) is 0 Å². The van der Waals surface area contributed by atoms with E-state index in [-0.39, 0.29) is 33.9 Å². The Morgan fingerprint density at radius 2 is 1.76 bits per heavy atom. The van der Waals surface area contributed by atoms with Gasteiger partial charge in [-0.1, -0.05) is 59.6 Å².